The van der Waals surface area contributed by atoms with Crippen molar-refractivity contribution in [1.82, 2.24) is 4.90 Å². The van der Waals surface area contributed by atoms with E-state index in [1.807, 2.05) is 24.3 Å². The standard InChI is InChI=1S/C32H36N2O3/c1-22(2)33-17-19-34(20-18-33)27-11-5-24(6-12-27)31-29(23-7-13-28(36-3)14-8-23)15-9-25-21-26(32(35)37-4)10-16-30(25)31/h5-8,10-14,16,21-22H,9,15,17-20H2,1-4H3. The van der Waals surface area contributed by atoms with E-state index in [1.54, 1.807) is 7.11 Å². The third-order valence-electron chi connectivity index (χ3n) is 7.75. The van der Waals surface area contributed by atoms with E-state index in [0.29, 0.717) is 11.6 Å². The van der Waals surface area contributed by atoms with Crippen molar-refractivity contribution in [1.29, 1.82) is 0 Å². The highest BCUT2D eigenvalue weighted by Gasteiger charge is 2.24. The molecule has 1 heterocycles. The topological polar surface area (TPSA) is 42.0 Å². The van der Waals surface area contributed by atoms with E-state index < -0.39 is 0 Å². The number of hydrogen-bond donors (Lipinski definition) is 0. The third-order valence-corrected chi connectivity index (χ3v) is 7.75. The second-order valence-electron chi connectivity index (χ2n) is 10.1. The van der Waals surface area contributed by atoms with E-state index >= 15 is 0 Å². The van der Waals surface area contributed by atoms with Crippen molar-refractivity contribution in [3.63, 3.8) is 0 Å². The number of carbonyl (C=O) groups excluding carboxylic acids is 1. The second-order valence-corrected chi connectivity index (χ2v) is 10.1. The molecular weight excluding hydrogens is 460 g/mol. The molecule has 0 saturated carbocycles. The summed E-state index contributed by atoms with van der Waals surface area (Å²) in [5.74, 6) is 0.558. The summed E-state index contributed by atoms with van der Waals surface area (Å²) in [5.41, 5.74) is 9.19. The van der Waals surface area contributed by atoms with Crippen LogP contribution in [0.1, 0.15) is 52.9 Å². The molecule has 5 rings (SSSR count). The number of benzene rings is 3. The van der Waals surface area contributed by atoms with Crippen LogP contribution in [0, 0.1) is 0 Å². The summed E-state index contributed by atoms with van der Waals surface area (Å²) in [4.78, 5) is 17.2. The summed E-state index contributed by atoms with van der Waals surface area (Å²) < 4.78 is 10.4. The predicted molar refractivity (Wildman–Crippen MR) is 150 cm³/mol. The van der Waals surface area contributed by atoms with Gasteiger partial charge in [-0.1, -0.05) is 30.3 Å². The van der Waals surface area contributed by atoms with Crippen molar-refractivity contribution in [3.05, 3.63) is 94.5 Å². The van der Waals surface area contributed by atoms with E-state index in [-0.39, 0.29) is 5.97 Å². The van der Waals surface area contributed by atoms with Crippen LogP contribution in [0.25, 0.3) is 11.1 Å². The average Bonchev–Trinajstić information content (AvgIpc) is 2.96. The van der Waals surface area contributed by atoms with Gasteiger partial charge in [0.05, 0.1) is 19.8 Å². The molecular formula is C32H36N2O3. The van der Waals surface area contributed by atoms with Crippen LogP contribution in [-0.4, -0.2) is 57.3 Å². The molecule has 0 aromatic heterocycles. The van der Waals surface area contributed by atoms with Crippen molar-refractivity contribution < 1.29 is 14.3 Å². The first-order valence-electron chi connectivity index (χ1n) is 13.2. The number of fused-ring (bicyclic) bond motifs is 1. The molecule has 1 aliphatic heterocycles. The van der Waals surface area contributed by atoms with Crippen molar-refractivity contribution in [2.75, 3.05) is 45.3 Å². The SMILES string of the molecule is COC(=O)c1ccc2c(c1)CCC(c1ccc(OC)cc1)=C2c1ccc(N2CCN(C(C)C)CC2)cc1. The number of methoxy groups -OCH3 is 2. The van der Waals surface area contributed by atoms with E-state index in [0.717, 1.165) is 44.8 Å². The van der Waals surface area contributed by atoms with Crippen LogP contribution in [0.15, 0.2) is 66.7 Å². The number of nitrogens with zero attached hydrogens (tertiary/aromatic N) is 2. The van der Waals surface area contributed by atoms with Crippen LogP contribution in [0.5, 0.6) is 5.75 Å². The largest absolute Gasteiger partial charge is 0.497 e. The lowest BCUT2D eigenvalue weighted by atomic mass is 9.79. The number of carbonyl (C=O) groups is 1. The Morgan fingerprint density at radius 2 is 1.49 bits per heavy atom. The lowest BCUT2D eigenvalue weighted by Crippen LogP contribution is -2.48. The van der Waals surface area contributed by atoms with Gasteiger partial charge in [0.1, 0.15) is 5.75 Å². The molecule has 0 spiro atoms. The van der Waals surface area contributed by atoms with Crippen LogP contribution in [0.2, 0.25) is 0 Å². The van der Waals surface area contributed by atoms with Crippen molar-refractivity contribution >= 4 is 22.8 Å². The number of allylic oxidation sites excluding steroid dienone is 1. The van der Waals surface area contributed by atoms with Gasteiger partial charge in [0, 0.05) is 37.9 Å². The smallest absolute Gasteiger partial charge is 0.337 e. The molecule has 5 heteroatoms. The molecule has 0 radical (unpaired) electrons. The zero-order valence-electron chi connectivity index (χ0n) is 22.3. The first-order valence-corrected chi connectivity index (χ1v) is 13.2. The first kappa shape index (κ1) is 25.1. The van der Waals surface area contributed by atoms with Crippen LogP contribution in [-0.2, 0) is 11.2 Å². The van der Waals surface area contributed by atoms with Crippen LogP contribution in [0.3, 0.4) is 0 Å². The molecule has 0 N–H and O–H groups in total. The van der Waals surface area contributed by atoms with Crippen LogP contribution < -0.4 is 9.64 Å². The molecule has 192 valence electrons. The highest BCUT2D eigenvalue weighted by atomic mass is 16.5. The minimum atomic E-state index is -0.295. The minimum Gasteiger partial charge on any atom is -0.497 e. The quantitative estimate of drug-likeness (QED) is 0.397. The maximum atomic E-state index is 12.2. The summed E-state index contributed by atoms with van der Waals surface area (Å²) in [6.45, 7) is 8.85. The fourth-order valence-electron chi connectivity index (χ4n) is 5.58. The van der Waals surface area contributed by atoms with Crippen molar-refractivity contribution in [2.45, 2.75) is 32.7 Å². The molecule has 0 amide bonds. The van der Waals surface area contributed by atoms with Crippen molar-refractivity contribution in [2.24, 2.45) is 0 Å². The van der Waals surface area contributed by atoms with Crippen LogP contribution >= 0.6 is 0 Å². The Labute approximate surface area is 220 Å². The van der Waals surface area contributed by atoms with Gasteiger partial charge in [-0.05, 0) is 96.5 Å². The van der Waals surface area contributed by atoms with E-state index in [4.69, 9.17) is 9.47 Å². The summed E-state index contributed by atoms with van der Waals surface area (Å²) >= 11 is 0. The molecule has 2 aliphatic rings. The Kier molecular flexibility index (Phi) is 7.33. The molecule has 1 fully saturated rings. The maximum absolute atomic E-state index is 12.2. The molecule has 1 saturated heterocycles. The number of aryl methyl sites for hydroxylation is 1. The Hall–Kier alpha value is -3.57. The van der Waals surface area contributed by atoms with Gasteiger partial charge in [-0.15, -0.1) is 0 Å². The van der Waals surface area contributed by atoms with Gasteiger partial charge in [0.15, 0.2) is 0 Å². The van der Waals surface area contributed by atoms with Gasteiger partial charge < -0.3 is 14.4 Å². The summed E-state index contributed by atoms with van der Waals surface area (Å²) in [6.07, 6.45) is 1.78. The number of hydrogen-bond acceptors (Lipinski definition) is 5. The highest BCUT2D eigenvalue weighted by Crippen LogP contribution is 2.41. The maximum Gasteiger partial charge on any atom is 0.337 e. The zero-order chi connectivity index (χ0) is 25.9. The Balaban J connectivity index is 1.52. The van der Waals surface area contributed by atoms with Gasteiger partial charge >= 0.3 is 5.97 Å². The molecule has 0 atom stereocenters. The van der Waals surface area contributed by atoms with Crippen molar-refractivity contribution in [3.8, 4) is 5.75 Å². The van der Waals surface area contributed by atoms with Gasteiger partial charge in [-0.3, -0.25) is 4.90 Å². The highest BCUT2D eigenvalue weighted by molar-refractivity contribution is 6.01. The molecule has 5 nitrogen and oxygen atoms in total. The van der Waals surface area contributed by atoms with Crippen LogP contribution in [0.4, 0.5) is 5.69 Å². The summed E-state index contributed by atoms with van der Waals surface area (Å²) in [5, 5.41) is 0. The fraction of sp³-hybridized carbons (Fsp3) is 0.344. The lowest BCUT2D eigenvalue weighted by Gasteiger charge is -2.38. The lowest BCUT2D eigenvalue weighted by molar-refractivity contribution is 0.0600. The van der Waals surface area contributed by atoms with Gasteiger partial charge in [-0.2, -0.15) is 0 Å². The Bertz CT molecular complexity index is 1280. The molecule has 37 heavy (non-hydrogen) atoms. The molecule has 3 aromatic rings. The minimum absolute atomic E-state index is 0.295. The number of ether oxygens (including phenoxy) is 2. The monoisotopic (exact) mass is 496 g/mol. The summed E-state index contributed by atoms with van der Waals surface area (Å²) in [6, 6.07) is 23.9. The second kappa shape index (κ2) is 10.8. The Morgan fingerprint density at radius 1 is 0.811 bits per heavy atom. The first-order chi connectivity index (χ1) is 18.0. The van der Waals surface area contributed by atoms with Gasteiger partial charge in [-0.25, -0.2) is 4.79 Å². The number of piperazine rings is 1. The third kappa shape index (κ3) is 5.14. The summed E-state index contributed by atoms with van der Waals surface area (Å²) in [7, 11) is 3.12. The molecule has 1 aliphatic carbocycles. The average molecular weight is 497 g/mol. The van der Waals surface area contributed by atoms with Gasteiger partial charge in [0.2, 0.25) is 0 Å². The number of anilines is 1. The number of esters is 1. The molecule has 3 aromatic carbocycles. The number of rotatable bonds is 6. The fourth-order valence-corrected chi connectivity index (χ4v) is 5.58. The van der Waals surface area contributed by atoms with E-state index in [2.05, 4.69) is 66.1 Å². The Morgan fingerprint density at radius 3 is 2.11 bits per heavy atom. The van der Waals surface area contributed by atoms with E-state index in [1.165, 1.54) is 46.2 Å². The normalized spacial score (nSPS) is 16.1. The van der Waals surface area contributed by atoms with E-state index in [9.17, 15) is 4.79 Å². The predicted octanol–water partition coefficient (Wildman–Crippen LogP) is 5.92. The molecule has 0 bridgehead atoms. The molecule has 0 unspecified atom stereocenters. The van der Waals surface area contributed by atoms with Gasteiger partial charge in [0.25, 0.3) is 0 Å². The zero-order valence-corrected chi connectivity index (χ0v) is 22.3.